The Labute approximate surface area is 121 Å². The Morgan fingerprint density at radius 2 is 1.32 bits per heavy atom. The molecule has 0 aliphatic rings. The molecular formula is C17H36O2. The highest BCUT2D eigenvalue weighted by atomic mass is 16.5. The number of hydrogen-bond donors (Lipinski definition) is 0. The Morgan fingerprint density at radius 1 is 0.632 bits per heavy atom. The van der Waals surface area contributed by atoms with Gasteiger partial charge in [-0.15, -0.1) is 0 Å². The molecule has 0 saturated heterocycles. The van der Waals surface area contributed by atoms with Gasteiger partial charge in [0.2, 0.25) is 0 Å². The van der Waals surface area contributed by atoms with Crippen molar-refractivity contribution < 1.29 is 9.47 Å². The minimum absolute atomic E-state index is 0.757. The Bertz CT molecular complexity index is 159. The zero-order valence-corrected chi connectivity index (χ0v) is 13.6. The summed E-state index contributed by atoms with van der Waals surface area (Å²) in [5.41, 5.74) is 0. The van der Waals surface area contributed by atoms with Crippen molar-refractivity contribution >= 4 is 0 Å². The molecule has 1 unspecified atom stereocenters. The van der Waals surface area contributed by atoms with Crippen molar-refractivity contribution in [2.45, 2.75) is 78.6 Å². The number of unbranched alkanes of at least 4 members (excludes halogenated alkanes) is 4. The first-order valence-corrected chi connectivity index (χ1v) is 8.50. The third-order valence-electron chi connectivity index (χ3n) is 3.73. The molecule has 0 aromatic carbocycles. The average Bonchev–Trinajstić information content (AvgIpc) is 2.44. The van der Waals surface area contributed by atoms with E-state index in [2.05, 4.69) is 20.8 Å². The van der Waals surface area contributed by atoms with Crippen molar-refractivity contribution in [2.24, 2.45) is 5.92 Å². The van der Waals surface area contributed by atoms with E-state index in [1.165, 1.54) is 51.4 Å². The molecule has 0 N–H and O–H groups in total. The third-order valence-corrected chi connectivity index (χ3v) is 3.73. The fraction of sp³-hybridized carbons (Fsp3) is 1.00. The molecule has 0 aromatic rings. The van der Waals surface area contributed by atoms with Crippen LogP contribution in [0.25, 0.3) is 0 Å². The predicted molar refractivity (Wildman–Crippen MR) is 83.7 cm³/mol. The van der Waals surface area contributed by atoms with Crippen molar-refractivity contribution in [2.75, 3.05) is 26.4 Å². The van der Waals surface area contributed by atoms with Gasteiger partial charge in [0.05, 0.1) is 13.2 Å². The topological polar surface area (TPSA) is 18.5 Å². The van der Waals surface area contributed by atoms with Gasteiger partial charge in [-0.25, -0.2) is 0 Å². The van der Waals surface area contributed by atoms with Crippen LogP contribution in [0.4, 0.5) is 0 Å². The summed E-state index contributed by atoms with van der Waals surface area (Å²) in [7, 11) is 0. The van der Waals surface area contributed by atoms with Crippen LogP contribution in [-0.4, -0.2) is 26.4 Å². The van der Waals surface area contributed by atoms with E-state index in [0.717, 1.165) is 38.8 Å². The SMILES string of the molecule is CCCCCCC(CC)CCOCCOCCCC. The molecule has 0 aromatic heterocycles. The second-order valence-corrected chi connectivity index (χ2v) is 5.49. The van der Waals surface area contributed by atoms with Crippen molar-refractivity contribution in [1.29, 1.82) is 0 Å². The van der Waals surface area contributed by atoms with Crippen LogP contribution < -0.4 is 0 Å². The lowest BCUT2D eigenvalue weighted by atomic mass is 9.95. The van der Waals surface area contributed by atoms with Crippen LogP contribution in [0.5, 0.6) is 0 Å². The van der Waals surface area contributed by atoms with E-state index in [1.807, 2.05) is 0 Å². The van der Waals surface area contributed by atoms with Crippen molar-refractivity contribution in [3.8, 4) is 0 Å². The summed E-state index contributed by atoms with van der Waals surface area (Å²) in [6.45, 7) is 10.1. The molecule has 0 radical (unpaired) electrons. The zero-order valence-electron chi connectivity index (χ0n) is 13.6. The lowest BCUT2D eigenvalue weighted by Crippen LogP contribution is -2.09. The lowest BCUT2D eigenvalue weighted by Gasteiger charge is -2.14. The van der Waals surface area contributed by atoms with Crippen LogP contribution in [0.1, 0.15) is 78.6 Å². The maximum Gasteiger partial charge on any atom is 0.0700 e. The summed E-state index contributed by atoms with van der Waals surface area (Å²) < 4.78 is 11.1. The second kappa shape index (κ2) is 16.0. The van der Waals surface area contributed by atoms with E-state index in [1.54, 1.807) is 0 Å². The van der Waals surface area contributed by atoms with E-state index in [4.69, 9.17) is 9.47 Å². The lowest BCUT2D eigenvalue weighted by molar-refractivity contribution is 0.0412. The first kappa shape index (κ1) is 18.9. The van der Waals surface area contributed by atoms with Gasteiger partial charge in [0, 0.05) is 13.2 Å². The van der Waals surface area contributed by atoms with Crippen LogP contribution in [0, 0.1) is 5.92 Å². The van der Waals surface area contributed by atoms with Crippen LogP contribution in [0.2, 0.25) is 0 Å². The molecular weight excluding hydrogens is 236 g/mol. The van der Waals surface area contributed by atoms with E-state index < -0.39 is 0 Å². The molecule has 116 valence electrons. The Balaban J connectivity index is 3.26. The monoisotopic (exact) mass is 272 g/mol. The summed E-state index contributed by atoms with van der Waals surface area (Å²) in [6.07, 6.45) is 11.8. The molecule has 2 heteroatoms. The van der Waals surface area contributed by atoms with Gasteiger partial charge >= 0.3 is 0 Å². The Morgan fingerprint density at radius 3 is 1.95 bits per heavy atom. The predicted octanol–water partition coefficient (Wildman–Crippen LogP) is 5.21. The van der Waals surface area contributed by atoms with Gasteiger partial charge in [0.15, 0.2) is 0 Å². The summed E-state index contributed by atoms with van der Waals surface area (Å²) in [5, 5.41) is 0. The van der Waals surface area contributed by atoms with Crippen molar-refractivity contribution in [1.82, 2.24) is 0 Å². The third kappa shape index (κ3) is 14.1. The molecule has 0 aliphatic heterocycles. The number of hydrogen-bond acceptors (Lipinski definition) is 2. The minimum Gasteiger partial charge on any atom is -0.379 e. The zero-order chi connectivity index (χ0) is 14.2. The van der Waals surface area contributed by atoms with Gasteiger partial charge < -0.3 is 9.47 Å². The highest BCUT2D eigenvalue weighted by Gasteiger charge is 2.05. The normalized spacial score (nSPS) is 12.8. The highest BCUT2D eigenvalue weighted by molar-refractivity contribution is 4.57. The van der Waals surface area contributed by atoms with Crippen molar-refractivity contribution in [3.63, 3.8) is 0 Å². The molecule has 0 rings (SSSR count). The Hall–Kier alpha value is -0.0800. The molecule has 0 amide bonds. The highest BCUT2D eigenvalue weighted by Crippen LogP contribution is 2.17. The van der Waals surface area contributed by atoms with Gasteiger partial charge in [-0.2, -0.15) is 0 Å². The standard InChI is InChI=1S/C17H36O2/c1-4-7-9-10-11-17(6-3)12-14-19-16-15-18-13-8-5-2/h17H,4-16H2,1-3H3. The fourth-order valence-corrected chi connectivity index (χ4v) is 2.23. The summed E-state index contributed by atoms with van der Waals surface area (Å²) in [5.74, 6) is 0.859. The number of ether oxygens (including phenoxy) is 2. The summed E-state index contributed by atoms with van der Waals surface area (Å²) in [4.78, 5) is 0. The second-order valence-electron chi connectivity index (χ2n) is 5.49. The quantitative estimate of drug-likeness (QED) is 0.381. The molecule has 0 fully saturated rings. The first-order valence-electron chi connectivity index (χ1n) is 8.50. The van der Waals surface area contributed by atoms with Crippen LogP contribution in [0.15, 0.2) is 0 Å². The maximum absolute atomic E-state index is 5.65. The van der Waals surface area contributed by atoms with E-state index in [9.17, 15) is 0 Å². The van der Waals surface area contributed by atoms with Gasteiger partial charge in [-0.1, -0.05) is 65.7 Å². The summed E-state index contributed by atoms with van der Waals surface area (Å²) >= 11 is 0. The fourth-order valence-electron chi connectivity index (χ4n) is 2.23. The smallest absolute Gasteiger partial charge is 0.0700 e. The number of rotatable bonds is 15. The average molecular weight is 272 g/mol. The van der Waals surface area contributed by atoms with Crippen LogP contribution in [0.3, 0.4) is 0 Å². The van der Waals surface area contributed by atoms with E-state index >= 15 is 0 Å². The molecule has 1 atom stereocenters. The van der Waals surface area contributed by atoms with Gasteiger partial charge in [-0.05, 0) is 18.8 Å². The van der Waals surface area contributed by atoms with E-state index in [-0.39, 0.29) is 0 Å². The van der Waals surface area contributed by atoms with Gasteiger partial charge in [0.25, 0.3) is 0 Å². The molecule has 0 aliphatic carbocycles. The molecule has 19 heavy (non-hydrogen) atoms. The molecule has 2 nitrogen and oxygen atoms in total. The van der Waals surface area contributed by atoms with Gasteiger partial charge in [0.1, 0.15) is 0 Å². The summed E-state index contributed by atoms with van der Waals surface area (Å²) in [6, 6.07) is 0. The Kier molecular flexibility index (Phi) is 15.9. The first-order chi connectivity index (χ1) is 9.35. The molecule has 0 spiro atoms. The molecule has 0 heterocycles. The van der Waals surface area contributed by atoms with Crippen LogP contribution in [-0.2, 0) is 9.47 Å². The van der Waals surface area contributed by atoms with Gasteiger partial charge in [-0.3, -0.25) is 0 Å². The largest absolute Gasteiger partial charge is 0.379 e. The maximum atomic E-state index is 5.65. The van der Waals surface area contributed by atoms with Crippen LogP contribution >= 0.6 is 0 Å². The van der Waals surface area contributed by atoms with Crippen molar-refractivity contribution in [3.05, 3.63) is 0 Å². The molecule has 0 saturated carbocycles. The molecule has 0 bridgehead atoms. The van der Waals surface area contributed by atoms with E-state index in [0.29, 0.717) is 0 Å². The minimum atomic E-state index is 0.757.